The molecule has 0 heterocycles. The summed E-state index contributed by atoms with van der Waals surface area (Å²) in [5, 5.41) is 2.86. The SMILES string of the molecule is CCCOc1ccc(NC(=O)[C@@H](C)Oc2ccc(C(C)C)cc2)cc1. The number of anilines is 1. The molecule has 0 saturated carbocycles. The van der Waals surface area contributed by atoms with Gasteiger partial charge >= 0.3 is 0 Å². The second-order valence-corrected chi connectivity index (χ2v) is 6.35. The van der Waals surface area contributed by atoms with Gasteiger partial charge in [-0.15, -0.1) is 0 Å². The standard InChI is InChI=1S/C21H27NO3/c1-5-14-24-19-12-8-18(9-13-19)22-21(23)16(4)25-20-10-6-17(7-11-20)15(2)3/h6-13,15-16H,5,14H2,1-4H3,(H,22,23)/t16-/m1/s1. The first-order valence-corrected chi connectivity index (χ1v) is 8.80. The van der Waals surface area contributed by atoms with Crippen molar-refractivity contribution < 1.29 is 14.3 Å². The average Bonchev–Trinajstić information content (AvgIpc) is 2.61. The molecule has 0 aromatic heterocycles. The quantitative estimate of drug-likeness (QED) is 0.734. The smallest absolute Gasteiger partial charge is 0.265 e. The fraction of sp³-hybridized carbons (Fsp3) is 0.381. The lowest BCUT2D eigenvalue weighted by Gasteiger charge is -2.15. The predicted molar refractivity (Wildman–Crippen MR) is 101 cm³/mol. The third kappa shape index (κ3) is 5.82. The average molecular weight is 341 g/mol. The summed E-state index contributed by atoms with van der Waals surface area (Å²) >= 11 is 0. The van der Waals surface area contributed by atoms with Gasteiger partial charge in [0.2, 0.25) is 0 Å². The van der Waals surface area contributed by atoms with Crippen molar-refractivity contribution in [3.05, 3.63) is 54.1 Å². The third-order valence-electron chi connectivity index (χ3n) is 3.82. The van der Waals surface area contributed by atoms with Gasteiger partial charge in [0.15, 0.2) is 6.10 Å². The summed E-state index contributed by atoms with van der Waals surface area (Å²) in [4.78, 5) is 12.3. The van der Waals surface area contributed by atoms with Gasteiger partial charge in [0, 0.05) is 5.69 Å². The lowest BCUT2D eigenvalue weighted by atomic mass is 10.0. The first-order valence-electron chi connectivity index (χ1n) is 8.80. The zero-order valence-corrected chi connectivity index (χ0v) is 15.4. The molecule has 0 radical (unpaired) electrons. The van der Waals surface area contributed by atoms with Gasteiger partial charge < -0.3 is 14.8 Å². The van der Waals surface area contributed by atoms with E-state index in [1.807, 2.05) is 48.5 Å². The summed E-state index contributed by atoms with van der Waals surface area (Å²) in [6, 6.07) is 15.2. The van der Waals surface area contributed by atoms with E-state index in [1.165, 1.54) is 5.56 Å². The van der Waals surface area contributed by atoms with E-state index >= 15 is 0 Å². The van der Waals surface area contributed by atoms with Gasteiger partial charge in [-0.1, -0.05) is 32.9 Å². The molecule has 0 aliphatic heterocycles. The van der Waals surface area contributed by atoms with Crippen LogP contribution in [0.3, 0.4) is 0 Å². The van der Waals surface area contributed by atoms with Crippen molar-refractivity contribution in [3.63, 3.8) is 0 Å². The van der Waals surface area contributed by atoms with Crippen LogP contribution in [0, 0.1) is 0 Å². The molecule has 0 unspecified atom stereocenters. The Balaban J connectivity index is 1.89. The number of ether oxygens (including phenoxy) is 2. The Hall–Kier alpha value is -2.49. The summed E-state index contributed by atoms with van der Waals surface area (Å²) in [6.07, 6.45) is 0.381. The van der Waals surface area contributed by atoms with Gasteiger partial charge in [-0.05, 0) is 61.2 Å². The minimum atomic E-state index is -0.582. The molecule has 2 aromatic rings. The van der Waals surface area contributed by atoms with Gasteiger partial charge in [0.05, 0.1) is 6.61 Å². The van der Waals surface area contributed by atoms with Crippen molar-refractivity contribution in [2.75, 3.05) is 11.9 Å². The zero-order chi connectivity index (χ0) is 18.2. The van der Waals surface area contributed by atoms with Crippen LogP contribution in [-0.4, -0.2) is 18.6 Å². The monoisotopic (exact) mass is 341 g/mol. The van der Waals surface area contributed by atoms with Crippen LogP contribution in [0.25, 0.3) is 0 Å². The van der Waals surface area contributed by atoms with Gasteiger partial charge in [0.25, 0.3) is 5.91 Å². The number of hydrogen-bond acceptors (Lipinski definition) is 3. The van der Waals surface area contributed by atoms with E-state index in [2.05, 4.69) is 26.1 Å². The normalized spacial score (nSPS) is 11.9. The molecule has 0 bridgehead atoms. The number of rotatable bonds is 8. The molecule has 25 heavy (non-hydrogen) atoms. The molecule has 4 heteroatoms. The molecule has 134 valence electrons. The zero-order valence-electron chi connectivity index (χ0n) is 15.4. The molecule has 0 fully saturated rings. The third-order valence-corrected chi connectivity index (χ3v) is 3.82. The van der Waals surface area contributed by atoms with Crippen LogP contribution in [0.5, 0.6) is 11.5 Å². The van der Waals surface area contributed by atoms with E-state index in [9.17, 15) is 4.79 Å². The molecule has 0 aliphatic rings. The highest BCUT2D eigenvalue weighted by Gasteiger charge is 2.15. The minimum Gasteiger partial charge on any atom is -0.494 e. The Labute approximate surface area is 150 Å². The summed E-state index contributed by atoms with van der Waals surface area (Å²) < 4.78 is 11.3. The number of amides is 1. The van der Waals surface area contributed by atoms with Crippen molar-refractivity contribution in [2.24, 2.45) is 0 Å². The second kappa shape index (κ2) is 9.11. The van der Waals surface area contributed by atoms with Gasteiger partial charge in [-0.3, -0.25) is 4.79 Å². The van der Waals surface area contributed by atoms with Crippen LogP contribution in [0.15, 0.2) is 48.5 Å². The Morgan fingerprint density at radius 3 is 2.12 bits per heavy atom. The molecule has 1 atom stereocenters. The number of benzene rings is 2. The summed E-state index contributed by atoms with van der Waals surface area (Å²) in [5.74, 6) is 1.78. The van der Waals surface area contributed by atoms with Crippen molar-refractivity contribution in [1.82, 2.24) is 0 Å². The number of nitrogens with one attached hydrogen (secondary N) is 1. The Kier molecular flexibility index (Phi) is 6.87. The van der Waals surface area contributed by atoms with E-state index in [4.69, 9.17) is 9.47 Å². The highest BCUT2D eigenvalue weighted by Crippen LogP contribution is 2.20. The maximum atomic E-state index is 12.3. The van der Waals surface area contributed by atoms with Crippen LogP contribution < -0.4 is 14.8 Å². The maximum absolute atomic E-state index is 12.3. The Morgan fingerprint density at radius 2 is 1.56 bits per heavy atom. The first kappa shape index (κ1) is 18.8. The highest BCUT2D eigenvalue weighted by atomic mass is 16.5. The maximum Gasteiger partial charge on any atom is 0.265 e. The Morgan fingerprint density at radius 1 is 0.960 bits per heavy atom. The molecule has 1 amide bonds. The topological polar surface area (TPSA) is 47.6 Å². The summed E-state index contributed by atoms with van der Waals surface area (Å²) in [7, 11) is 0. The predicted octanol–water partition coefficient (Wildman–Crippen LogP) is 5.00. The van der Waals surface area contributed by atoms with Crippen molar-refractivity contribution in [3.8, 4) is 11.5 Å². The van der Waals surface area contributed by atoms with Crippen LogP contribution >= 0.6 is 0 Å². The van der Waals surface area contributed by atoms with Gasteiger partial charge in [0.1, 0.15) is 11.5 Å². The second-order valence-electron chi connectivity index (χ2n) is 6.35. The highest BCUT2D eigenvalue weighted by molar-refractivity contribution is 5.94. The number of carbonyl (C=O) groups is 1. The number of hydrogen-bond donors (Lipinski definition) is 1. The molecular weight excluding hydrogens is 314 g/mol. The van der Waals surface area contributed by atoms with Crippen LogP contribution in [0.2, 0.25) is 0 Å². The first-order chi connectivity index (χ1) is 12.0. The molecule has 2 rings (SSSR count). The fourth-order valence-electron chi connectivity index (χ4n) is 2.29. The van der Waals surface area contributed by atoms with Gasteiger partial charge in [-0.2, -0.15) is 0 Å². The van der Waals surface area contributed by atoms with Crippen LogP contribution in [0.1, 0.15) is 45.6 Å². The number of carbonyl (C=O) groups excluding carboxylic acids is 1. The van der Waals surface area contributed by atoms with Crippen LogP contribution in [0.4, 0.5) is 5.69 Å². The Bertz CT molecular complexity index is 663. The van der Waals surface area contributed by atoms with E-state index in [0.717, 1.165) is 17.9 Å². The molecule has 0 spiro atoms. The van der Waals surface area contributed by atoms with Crippen molar-refractivity contribution in [2.45, 2.75) is 46.1 Å². The lowest BCUT2D eigenvalue weighted by molar-refractivity contribution is -0.122. The molecule has 1 N–H and O–H groups in total. The molecule has 0 saturated heterocycles. The van der Waals surface area contributed by atoms with E-state index < -0.39 is 6.10 Å². The largest absolute Gasteiger partial charge is 0.494 e. The molecule has 2 aromatic carbocycles. The van der Waals surface area contributed by atoms with Crippen molar-refractivity contribution >= 4 is 11.6 Å². The summed E-state index contributed by atoms with van der Waals surface area (Å²) in [5.41, 5.74) is 1.97. The van der Waals surface area contributed by atoms with E-state index in [-0.39, 0.29) is 5.91 Å². The van der Waals surface area contributed by atoms with E-state index in [0.29, 0.717) is 18.3 Å². The molecule has 0 aliphatic carbocycles. The fourth-order valence-corrected chi connectivity index (χ4v) is 2.29. The minimum absolute atomic E-state index is 0.185. The van der Waals surface area contributed by atoms with E-state index in [1.54, 1.807) is 6.92 Å². The van der Waals surface area contributed by atoms with Gasteiger partial charge in [-0.25, -0.2) is 0 Å². The summed E-state index contributed by atoms with van der Waals surface area (Å²) in [6.45, 7) is 8.78. The lowest BCUT2D eigenvalue weighted by Crippen LogP contribution is -2.30. The molecular formula is C21H27NO3. The van der Waals surface area contributed by atoms with Crippen molar-refractivity contribution in [1.29, 1.82) is 0 Å². The van der Waals surface area contributed by atoms with Crippen LogP contribution in [-0.2, 0) is 4.79 Å². The molecule has 4 nitrogen and oxygen atoms in total.